The van der Waals surface area contributed by atoms with E-state index in [9.17, 15) is 18.8 Å². The van der Waals surface area contributed by atoms with Crippen molar-refractivity contribution in [1.82, 2.24) is 4.90 Å². The predicted molar refractivity (Wildman–Crippen MR) is 137 cm³/mol. The fourth-order valence-electron chi connectivity index (χ4n) is 3.38. The van der Waals surface area contributed by atoms with Crippen molar-refractivity contribution in [2.75, 3.05) is 11.9 Å². The maximum Gasteiger partial charge on any atom is 0.294 e. The number of amides is 3. The third-order valence-electron chi connectivity index (χ3n) is 5.08. The molecule has 1 N–H and O–H groups in total. The lowest BCUT2D eigenvalue weighted by Gasteiger charge is -2.13. The molecule has 35 heavy (non-hydrogen) atoms. The summed E-state index contributed by atoms with van der Waals surface area (Å²) in [6.45, 7) is 1.49. The van der Waals surface area contributed by atoms with Gasteiger partial charge >= 0.3 is 0 Å². The van der Waals surface area contributed by atoms with E-state index in [2.05, 4.69) is 21.2 Å². The zero-order chi connectivity index (χ0) is 24.9. The minimum Gasteiger partial charge on any atom is -0.488 e. The van der Waals surface area contributed by atoms with Gasteiger partial charge in [0.1, 0.15) is 24.7 Å². The number of rotatable bonds is 7. The number of imide groups is 1. The first-order valence-electron chi connectivity index (χ1n) is 10.6. The molecule has 0 radical (unpaired) electrons. The molecule has 1 saturated heterocycles. The van der Waals surface area contributed by atoms with Gasteiger partial charge in [-0.25, -0.2) is 4.39 Å². The second-order valence-corrected chi connectivity index (χ2v) is 9.66. The summed E-state index contributed by atoms with van der Waals surface area (Å²) < 4.78 is 20.5. The lowest BCUT2D eigenvalue weighted by Crippen LogP contribution is -2.36. The van der Waals surface area contributed by atoms with Gasteiger partial charge in [0.05, 0.1) is 4.91 Å². The van der Waals surface area contributed by atoms with Crippen molar-refractivity contribution in [2.24, 2.45) is 0 Å². The Hall–Kier alpha value is -3.43. The smallest absolute Gasteiger partial charge is 0.294 e. The highest BCUT2D eigenvalue weighted by molar-refractivity contribution is 9.10. The van der Waals surface area contributed by atoms with Crippen LogP contribution >= 0.6 is 27.7 Å². The number of thioether (sulfide) groups is 1. The van der Waals surface area contributed by atoms with Crippen molar-refractivity contribution in [3.8, 4) is 5.75 Å². The van der Waals surface area contributed by atoms with E-state index in [-0.39, 0.29) is 17.3 Å². The molecule has 0 atom stereocenters. The number of benzene rings is 3. The van der Waals surface area contributed by atoms with Crippen LogP contribution in [0.2, 0.25) is 0 Å². The number of nitrogens with zero attached hydrogens (tertiary/aromatic N) is 1. The highest BCUT2D eigenvalue weighted by Crippen LogP contribution is 2.35. The maximum absolute atomic E-state index is 14.0. The Labute approximate surface area is 214 Å². The molecule has 9 heteroatoms. The molecule has 3 aromatic rings. The van der Waals surface area contributed by atoms with Crippen LogP contribution < -0.4 is 10.1 Å². The predicted octanol–water partition coefficient (Wildman–Crippen LogP) is 6.15. The molecule has 6 nitrogen and oxygen atoms in total. The van der Waals surface area contributed by atoms with Crippen LogP contribution in [0.3, 0.4) is 0 Å². The van der Waals surface area contributed by atoms with Gasteiger partial charge in [0, 0.05) is 21.3 Å². The molecule has 4 rings (SSSR count). The minimum absolute atomic E-state index is 0.00421. The number of anilines is 1. The van der Waals surface area contributed by atoms with Crippen molar-refractivity contribution >= 4 is 56.5 Å². The second-order valence-electron chi connectivity index (χ2n) is 7.75. The Morgan fingerprint density at radius 1 is 1.11 bits per heavy atom. The standard InChI is InChI=1S/C26H20BrFN2O4S/c1-16-5-4-7-20(11-16)29-24(31)14-30-25(32)23(35-26(30)33)13-18-12-19(27)9-10-22(18)34-15-17-6-2-3-8-21(17)28/h2-13H,14-15H2,1H3,(H,29,31)/b23-13-. The maximum atomic E-state index is 14.0. The summed E-state index contributed by atoms with van der Waals surface area (Å²) in [7, 11) is 0. The van der Waals surface area contributed by atoms with Crippen molar-refractivity contribution in [3.63, 3.8) is 0 Å². The van der Waals surface area contributed by atoms with Crippen molar-refractivity contribution in [3.05, 3.63) is 98.6 Å². The molecule has 1 aliphatic heterocycles. The van der Waals surface area contributed by atoms with Gasteiger partial charge in [0.2, 0.25) is 5.91 Å². The number of aryl methyl sites for hydroxylation is 1. The van der Waals surface area contributed by atoms with E-state index in [1.807, 2.05) is 13.0 Å². The third-order valence-corrected chi connectivity index (χ3v) is 6.48. The van der Waals surface area contributed by atoms with E-state index in [1.54, 1.807) is 54.6 Å². The van der Waals surface area contributed by atoms with E-state index in [1.165, 1.54) is 12.1 Å². The Kier molecular flexibility index (Phi) is 7.67. The molecule has 3 amide bonds. The Morgan fingerprint density at radius 2 is 1.91 bits per heavy atom. The molecule has 1 fully saturated rings. The third kappa shape index (κ3) is 6.17. The molecule has 1 aliphatic rings. The fraction of sp³-hybridized carbons (Fsp3) is 0.115. The molecule has 0 saturated carbocycles. The highest BCUT2D eigenvalue weighted by Gasteiger charge is 2.36. The summed E-state index contributed by atoms with van der Waals surface area (Å²) in [6.07, 6.45) is 1.53. The molecule has 1 heterocycles. The van der Waals surface area contributed by atoms with E-state index in [0.717, 1.165) is 26.7 Å². The average Bonchev–Trinajstić information content (AvgIpc) is 3.07. The zero-order valence-electron chi connectivity index (χ0n) is 18.6. The van der Waals surface area contributed by atoms with Crippen LogP contribution in [-0.4, -0.2) is 28.5 Å². The number of nitrogens with one attached hydrogen (secondary N) is 1. The van der Waals surface area contributed by atoms with Gasteiger partial charge in [0.15, 0.2) is 0 Å². The van der Waals surface area contributed by atoms with Gasteiger partial charge in [0.25, 0.3) is 11.1 Å². The summed E-state index contributed by atoms with van der Waals surface area (Å²) >= 11 is 4.14. The van der Waals surface area contributed by atoms with Crippen molar-refractivity contribution in [1.29, 1.82) is 0 Å². The molecular weight excluding hydrogens is 535 g/mol. The number of ether oxygens (including phenoxy) is 1. The number of hydrogen-bond acceptors (Lipinski definition) is 5. The lowest BCUT2D eigenvalue weighted by molar-refractivity contribution is -0.127. The van der Waals surface area contributed by atoms with Crippen LogP contribution in [-0.2, 0) is 16.2 Å². The van der Waals surface area contributed by atoms with E-state index in [4.69, 9.17) is 4.74 Å². The van der Waals surface area contributed by atoms with Gasteiger partial charge < -0.3 is 10.1 Å². The minimum atomic E-state index is -0.570. The van der Waals surface area contributed by atoms with E-state index >= 15 is 0 Å². The molecule has 3 aromatic carbocycles. The first-order chi connectivity index (χ1) is 16.8. The molecule has 178 valence electrons. The van der Waals surface area contributed by atoms with Crippen LogP contribution in [0.5, 0.6) is 5.75 Å². The summed E-state index contributed by atoms with van der Waals surface area (Å²) in [4.78, 5) is 38.9. The van der Waals surface area contributed by atoms with Crippen LogP contribution in [0.1, 0.15) is 16.7 Å². The van der Waals surface area contributed by atoms with Crippen molar-refractivity contribution < 1.29 is 23.5 Å². The monoisotopic (exact) mass is 554 g/mol. The van der Waals surface area contributed by atoms with Crippen LogP contribution in [0.4, 0.5) is 14.9 Å². The summed E-state index contributed by atoms with van der Waals surface area (Å²) in [5.74, 6) is -1.01. The molecule has 0 aromatic heterocycles. The number of halogens is 2. The Morgan fingerprint density at radius 3 is 2.69 bits per heavy atom. The molecule has 0 spiro atoms. The van der Waals surface area contributed by atoms with Crippen LogP contribution in [0.25, 0.3) is 6.08 Å². The Balaban J connectivity index is 1.49. The molecule has 0 aliphatic carbocycles. The first kappa shape index (κ1) is 24.7. The molecule has 0 unspecified atom stereocenters. The topological polar surface area (TPSA) is 75.7 Å². The van der Waals surface area contributed by atoms with Gasteiger partial charge in [-0.3, -0.25) is 19.3 Å². The van der Waals surface area contributed by atoms with E-state index < -0.39 is 23.6 Å². The summed E-state index contributed by atoms with van der Waals surface area (Å²) in [5, 5.41) is 2.16. The quantitative estimate of drug-likeness (QED) is 0.354. The zero-order valence-corrected chi connectivity index (χ0v) is 21.0. The highest BCUT2D eigenvalue weighted by atomic mass is 79.9. The largest absolute Gasteiger partial charge is 0.488 e. The number of hydrogen-bond donors (Lipinski definition) is 1. The number of carbonyl (C=O) groups is 3. The van der Waals surface area contributed by atoms with Gasteiger partial charge in [-0.1, -0.05) is 46.3 Å². The Bertz CT molecular complexity index is 1340. The van der Waals surface area contributed by atoms with Gasteiger partial charge in [-0.2, -0.15) is 0 Å². The van der Waals surface area contributed by atoms with E-state index in [0.29, 0.717) is 22.6 Å². The van der Waals surface area contributed by atoms with Crippen LogP contribution in [0, 0.1) is 12.7 Å². The van der Waals surface area contributed by atoms with Gasteiger partial charge in [-0.15, -0.1) is 0 Å². The normalized spacial score (nSPS) is 14.5. The fourth-order valence-corrected chi connectivity index (χ4v) is 4.59. The SMILES string of the molecule is Cc1cccc(NC(=O)CN2C(=O)S/C(=C\c3cc(Br)ccc3OCc3ccccc3F)C2=O)c1. The lowest BCUT2D eigenvalue weighted by atomic mass is 10.1. The number of carbonyl (C=O) groups excluding carboxylic acids is 3. The van der Waals surface area contributed by atoms with Crippen molar-refractivity contribution in [2.45, 2.75) is 13.5 Å². The molecule has 0 bridgehead atoms. The first-order valence-corrected chi connectivity index (χ1v) is 12.2. The second kappa shape index (κ2) is 10.9. The summed E-state index contributed by atoms with van der Waals surface area (Å²) in [5.41, 5.74) is 2.48. The van der Waals surface area contributed by atoms with Gasteiger partial charge in [-0.05, 0) is 66.7 Å². The molecular formula is C26H20BrFN2O4S. The average molecular weight is 555 g/mol. The summed E-state index contributed by atoms with van der Waals surface area (Å²) in [6, 6.07) is 18.7. The van der Waals surface area contributed by atoms with Crippen LogP contribution in [0.15, 0.2) is 76.1 Å².